The summed E-state index contributed by atoms with van der Waals surface area (Å²) < 4.78 is 12.6. The molecular formula is C22H26N2O2S. The highest BCUT2D eigenvalue weighted by Crippen LogP contribution is 2.41. The van der Waals surface area contributed by atoms with Crippen molar-refractivity contribution in [2.45, 2.75) is 12.5 Å². The van der Waals surface area contributed by atoms with E-state index in [-0.39, 0.29) is 6.04 Å². The van der Waals surface area contributed by atoms with E-state index in [1.807, 2.05) is 23.5 Å². The summed E-state index contributed by atoms with van der Waals surface area (Å²) >= 11 is 1.82. The quantitative estimate of drug-likeness (QED) is 0.713. The molecule has 142 valence electrons. The average Bonchev–Trinajstić information content (AvgIpc) is 2.95. The van der Waals surface area contributed by atoms with Gasteiger partial charge in [0, 0.05) is 29.9 Å². The molecule has 1 aromatic heterocycles. The van der Waals surface area contributed by atoms with E-state index in [1.54, 1.807) is 14.2 Å². The van der Waals surface area contributed by atoms with Crippen LogP contribution in [0, 0.1) is 0 Å². The first-order valence-electron chi connectivity index (χ1n) is 9.44. The molecule has 0 saturated carbocycles. The molecule has 1 aliphatic heterocycles. The van der Waals surface area contributed by atoms with Crippen LogP contribution in [0.4, 0.5) is 0 Å². The third-order valence-corrected chi connectivity index (χ3v) is 6.26. The number of ether oxygens (including phenoxy) is 2. The van der Waals surface area contributed by atoms with Gasteiger partial charge < -0.3 is 14.8 Å². The first kappa shape index (κ1) is 18.3. The molecule has 1 aliphatic rings. The number of thiophene rings is 1. The van der Waals surface area contributed by atoms with E-state index in [4.69, 9.17) is 9.47 Å². The lowest BCUT2D eigenvalue weighted by atomic mass is 9.95. The minimum atomic E-state index is 0.145. The summed E-state index contributed by atoms with van der Waals surface area (Å²) in [6, 6.07) is 14.9. The Morgan fingerprint density at radius 1 is 1.00 bits per heavy atom. The summed E-state index contributed by atoms with van der Waals surface area (Å²) in [4.78, 5) is 2.58. The van der Waals surface area contributed by atoms with Gasteiger partial charge in [-0.3, -0.25) is 4.90 Å². The number of hydrogen-bond donors (Lipinski definition) is 1. The molecular weight excluding hydrogens is 356 g/mol. The Bertz CT molecular complexity index is 900. The van der Waals surface area contributed by atoms with Crippen molar-refractivity contribution >= 4 is 21.4 Å². The van der Waals surface area contributed by atoms with Gasteiger partial charge in [-0.05, 0) is 53.6 Å². The predicted octanol–water partition coefficient (Wildman–Crippen LogP) is 4.30. The molecule has 4 nitrogen and oxygen atoms in total. The molecule has 5 heteroatoms. The number of nitrogens with one attached hydrogen (secondary N) is 1. The second kappa shape index (κ2) is 8.30. The molecule has 0 radical (unpaired) electrons. The maximum Gasteiger partial charge on any atom is 0.124 e. The van der Waals surface area contributed by atoms with E-state index < -0.39 is 0 Å². The fourth-order valence-corrected chi connectivity index (χ4v) is 4.93. The van der Waals surface area contributed by atoms with E-state index in [1.165, 1.54) is 21.2 Å². The Balaban J connectivity index is 1.88. The lowest BCUT2D eigenvalue weighted by Crippen LogP contribution is -2.33. The maximum absolute atomic E-state index is 5.76. The first-order chi connectivity index (χ1) is 13.3. The smallest absolute Gasteiger partial charge is 0.124 e. The second-order valence-electron chi connectivity index (χ2n) is 6.84. The Labute approximate surface area is 164 Å². The third-order valence-electron chi connectivity index (χ3n) is 5.28. The summed E-state index contributed by atoms with van der Waals surface area (Å²) in [5.41, 5.74) is 2.52. The maximum atomic E-state index is 5.76. The minimum Gasteiger partial charge on any atom is -0.497 e. The van der Waals surface area contributed by atoms with Crippen LogP contribution in [0.5, 0.6) is 11.5 Å². The highest BCUT2D eigenvalue weighted by molar-refractivity contribution is 7.17. The van der Waals surface area contributed by atoms with Crippen LogP contribution in [-0.2, 0) is 0 Å². The summed E-state index contributed by atoms with van der Waals surface area (Å²) in [6.07, 6.45) is 1.14. The minimum absolute atomic E-state index is 0.145. The molecule has 0 bridgehead atoms. The molecule has 4 rings (SSSR count). The van der Waals surface area contributed by atoms with Gasteiger partial charge in [0.25, 0.3) is 0 Å². The van der Waals surface area contributed by atoms with Gasteiger partial charge in [0.1, 0.15) is 11.5 Å². The van der Waals surface area contributed by atoms with Crippen LogP contribution in [0.1, 0.15) is 23.6 Å². The molecule has 0 aliphatic carbocycles. The molecule has 3 aromatic rings. The van der Waals surface area contributed by atoms with Gasteiger partial charge in [0.2, 0.25) is 0 Å². The monoisotopic (exact) mass is 382 g/mol. The van der Waals surface area contributed by atoms with E-state index >= 15 is 0 Å². The average molecular weight is 383 g/mol. The Kier molecular flexibility index (Phi) is 5.62. The Morgan fingerprint density at radius 2 is 1.89 bits per heavy atom. The lowest BCUT2D eigenvalue weighted by Gasteiger charge is -2.32. The first-order valence-corrected chi connectivity index (χ1v) is 10.3. The van der Waals surface area contributed by atoms with Crippen LogP contribution in [0.3, 0.4) is 0 Å². The van der Waals surface area contributed by atoms with Crippen LogP contribution in [0.15, 0.2) is 47.8 Å². The highest BCUT2D eigenvalue weighted by Gasteiger charge is 2.28. The number of benzene rings is 2. The number of fused-ring (bicyclic) bond motifs is 1. The van der Waals surface area contributed by atoms with Crippen molar-refractivity contribution in [3.8, 4) is 11.5 Å². The van der Waals surface area contributed by atoms with Gasteiger partial charge in [-0.25, -0.2) is 0 Å². The zero-order valence-corrected chi connectivity index (χ0v) is 16.7. The zero-order chi connectivity index (χ0) is 18.6. The van der Waals surface area contributed by atoms with Crippen molar-refractivity contribution in [1.82, 2.24) is 10.2 Å². The van der Waals surface area contributed by atoms with Gasteiger partial charge in [-0.15, -0.1) is 11.3 Å². The Hall–Kier alpha value is -2.08. The number of nitrogens with zero attached hydrogens (tertiary/aromatic N) is 1. The van der Waals surface area contributed by atoms with Crippen LogP contribution in [0.25, 0.3) is 10.1 Å². The van der Waals surface area contributed by atoms with Gasteiger partial charge in [-0.2, -0.15) is 0 Å². The molecule has 1 fully saturated rings. The predicted molar refractivity (Wildman–Crippen MR) is 112 cm³/mol. The van der Waals surface area contributed by atoms with Crippen molar-refractivity contribution in [3.63, 3.8) is 0 Å². The van der Waals surface area contributed by atoms with Gasteiger partial charge in [0.05, 0.1) is 20.3 Å². The van der Waals surface area contributed by atoms with Gasteiger partial charge in [0.15, 0.2) is 0 Å². The molecule has 2 heterocycles. The summed E-state index contributed by atoms with van der Waals surface area (Å²) in [7, 11) is 3.47. The van der Waals surface area contributed by atoms with E-state index in [0.29, 0.717) is 0 Å². The van der Waals surface area contributed by atoms with Crippen molar-refractivity contribution < 1.29 is 9.47 Å². The summed E-state index contributed by atoms with van der Waals surface area (Å²) in [6.45, 7) is 4.14. The van der Waals surface area contributed by atoms with Crippen molar-refractivity contribution in [2.24, 2.45) is 0 Å². The summed E-state index contributed by atoms with van der Waals surface area (Å²) in [5, 5.41) is 7.16. The molecule has 27 heavy (non-hydrogen) atoms. The topological polar surface area (TPSA) is 33.7 Å². The molecule has 1 unspecified atom stereocenters. The van der Waals surface area contributed by atoms with Crippen LogP contribution < -0.4 is 14.8 Å². The van der Waals surface area contributed by atoms with Crippen molar-refractivity contribution in [3.05, 3.63) is 59.0 Å². The van der Waals surface area contributed by atoms with Crippen molar-refractivity contribution in [2.75, 3.05) is 40.4 Å². The van der Waals surface area contributed by atoms with Crippen LogP contribution >= 0.6 is 11.3 Å². The number of methoxy groups -OCH3 is 2. The van der Waals surface area contributed by atoms with Crippen LogP contribution in [0.2, 0.25) is 0 Å². The van der Waals surface area contributed by atoms with Crippen molar-refractivity contribution in [1.29, 1.82) is 0 Å². The van der Waals surface area contributed by atoms with E-state index in [2.05, 4.69) is 45.9 Å². The number of hydrogen-bond acceptors (Lipinski definition) is 5. The highest BCUT2D eigenvalue weighted by atomic mass is 32.1. The third kappa shape index (κ3) is 3.68. The fraction of sp³-hybridized carbons (Fsp3) is 0.364. The normalized spacial score (nSPS) is 16.8. The summed E-state index contributed by atoms with van der Waals surface area (Å²) in [5.74, 6) is 1.77. The molecule has 0 amide bonds. The van der Waals surface area contributed by atoms with E-state index in [9.17, 15) is 0 Å². The SMILES string of the molecule is COc1ccc(OC)c(C(c2csc3ccccc23)N2CCCNCC2)c1. The molecule has 1 N–H and O–H groups in total. The van der Waals surface area contributed by atoms with Gasteiger partial charge in [-0.1, -0.05) is 18.2 Å². The molecule has 0 spiro atoms. The zero-order valence-electron chi connectivity index (χ0n) is 15.9. The lowest BCUT2D eigenvalue weighted by molar-refractivity contribution is 0.237. The standard InChI is InChI=1S/C22H26N2O2S/c1-25-16-8-9-20(26-2)18(14-16)22(24-12-5-10-23-11-13-24)19-15-27-21-7-4-3-6-17(19)21/h3-4,6-9,14-15,22-23H,5,10-13H2,1-2H3. The molecule has 1 atom stereocenters. The molecule has 1 saturated heterocycles. The Morgan fingerprint density at radius 3 is 2.74 bits per heavy atom. The fourth-order valence-electron chi connectivity index (χ4n) is 3.95. The van der Waals surface area contributed by atoms with E-state index in [0.717, 1.165) is 44.1 Å². The second-order valence-corrected chi connectivity index (χ2v) is 7.75. The van der Waals surface area contributed by atoms with Crippen LogP contribution in [-0.4, -0.2) is 45.3 Å². The van der Waals surface area contributed by atoms with Gasteiger partial charge >= 0.3 is 0 Å². The number of rotatable bonds is 5. The largest absolute Gasteiger partial charge is 0.497 e. The molecule has 2 aromatic carbocycles.